The highest BCUT2D eigenvalue weighted by Gasteiger charge is 2.13. The molecule has 0 aromatic rings. The van der Waals surface area contributed by atoms with Crippen molar-refractivity contribution in [1.29, 1.82) is 0 Å². The summed E-state index contributed by atoms with van der Waals surface area (Å²) in [7, 11) is -7.69. The van der Waals surface area contributed by atoms with E-state index in [2.05, 4.69) is 9.44 Å². The lowest BCUT2D eigenvalue weighted by Crippen LogP contribution is -2.34. The number of nitrogens with one attached hydrogen (secondary N) is 1. The van der Waals surface area contributed by atoms with Gasteiger partial charge in [-0.2, -0.15) is 0 Å². The molecule has 1 fully saturated rings. The molecule has 102 valence electrons. The van der Waals surface area contributed by atoms with Crippen LogP contribution >= 0.6 is 0 Å². The van der Waals surface area contributed by atoms with Crippen molar-refractivity contribution < 1.29 is 16.8 Å². The van der Waals surface area contributed by atoms with E-state index in [0.717, 1.165) is 31.9 Å². The molecular formula is C9H19N2O4S2-. The first kappa shape index (κ1) is 14.9. The summed E-state index contributed by atoms with van der Waals surface area (Å²) in [5, 5.41) is 3.13. The number of sulfonamides is 2. The van der Waals surface area contributed by atoms with E-state index in [1.165, 1.54) is 6.42 Å². The molecule has 1 rings (SSSR count). The van der Waals surface area contributed by atoms with Crippen LogP contribution in [0.2, 0.25) is 0 Å². The second-order valence-electron chi connectivity index (χ2n) is 4.38. The molecule has 1 N–H and O–H groups in total. The van der Waals surface area contributed by atoms with Gasteiger partial charge in [0.2, 0.25) is 0 Å². The summed E-state index contributed by atoms with van der Waals surface area (Å²) in [6.07, 6.45) is 6.46. The van der Waals surface area contributed by atoms with Crippen molar-refractivity contribution in [2.24, 2.45) is 0 Å². The Hall–Kier alpha value is -0.180. The zero-order valence-electron chi connectivity index (χ0n) is 9.92. The number of hydrogen-bond acceptors (Lipinski definition) is 5. The molecular weight excluding hydrogens is 264 g/mol. The zero-order valence-corrected chi connectivity index (χ0v) is 11.6. The Morgan fingerprint density at radius 2 is 1.71 bits per heavy atom. The Balaban J connectivity index is 2.30. The van der Waals surface area contributed by atoms with Gasteiger partial charge in [-0.15, -0.1) is 0 Å². The lowest BCUT2D eigenvalue weighted by molar-refractivity contribution is 0.380. The molecule has 17 heavy (non-hydrogen) atoms. The highest BCUT2D eigenvalue weighted by molar-refractivity contribution is 8.11. The van der Waals surface area contributed by atoms with Gasteiger partial charge in [-0.25, -0.2) is 16.8 Å². The number of hydrogen-bond donors (Lipinski definition) is 1. The van der Waals surface area contributed by atoms with E-state index < -0.39 is 20.0 Å². The molecule has 0 radical (unpaired) electrons. The Kier molecular flexibility index (Phi) is 5.36. The summed E-state index contributed by atoms with van der Waals surface area (Å²) < 4.78 is 46.9. The van der Waals surface area contributed by atoms with Crippen LogP contribution in [-0.4, -0.2) is 41.4 Å². The lowest BCUT2D eigenvalue weighted by Gasteiger charge is -2.24. The highest BCUT2D eigenvalue weighted by Crippen LogP contribution is 2.17. The van der Waals surface area contributed by atoms with E-state index in [4.69, 9.17) is 0 Å². The van der Waals surface area contributed by atoms with Crippen molar-refractivity contribution in [3.8, 4) is 0 Å². The van der Waals surface area contributed by atoms with Crippen molar-refractivity contribution >= 4 is 20.0 Å². The van der Waals surface area contributed by atoms with Crippen LogP contribution in [0.5, 0.6) is 0 Å². The predicted molar refractivity (Wildman–Crippen MR) is 66.9 cm³/mol. The van der Waals surface area contributed by atoms with Gasteiger partial charge in [0.25, 0.3) is 0 Å². The van der Waals surface area contributed by atoms with Crippen molar-refractivity contribution in [1.82, 2.24) is 5.32 Å². The van der Waals surface area contributed by atoms with E-state index in [0.29, 0.717) is 6.04 Å². The molecule has 0 aromatic carbocycles. The van der Waals surface area contributed by atoms with Gasteiger partial charge in [-0.05, 0) is 12.8 Å². The zero-order chi connectivity index (χ0) is 12.9. The van der Waals surface area contributed by atoms with Gasteiger partial charge in [-0.1, -0.05) is 19.3 Å². The molecule has 0 atom stereocenters. The van der Waals surface area contributed by atoms with E-state index >= 15 is 0 Å². The van der Waals surface area contributed by atoms with Crippen LogP contribution in [0.15, 0.2) is 0 Å². The maximum absolute atomic E-state index is 11.3. The Labute approximate surface area is 103 Å². The minimum absolute atomic E-state index is 0.256. The summed E-state index contributed by atoms with van der Waals surface area (Å²) in [6, 6.07) is 0.359. The van der Waals surface area contributed by atoms with E-state index in [-0.39, 0.29) is 12.3 Å². The monoisotopic (exact) mass is 283 g/mol. The van der Waals surface area contributed by atoms with Crippen molar-refractivity contribution in [2.75, 3.05) is 18.6 Å². The maximum atomic E-state index is 11.3. The third-order valence-corrected chi connectivity index (χ3v) is 5.36. The first-order valence-corrected chi connectivity index (χ1v) is 9.14. The molecule has 8 heteroatoms. The number of rotatable bonds is 6. The minimum Gasteiger partial charge on any atom is -0.436 e. The van der Waals surface area contributed by atoms with Crippen LogP contribution in [0, 0.1) is 0 Å². The Morgan fingerprint density at radius 1 is 1.12 bits per heavy atom. The SMILES string of the molecule is CS(=O)(=O)[N-]S(=O)(=O)CCNC1CCCCC1. The quantitative estimate of drug-likeness (QED) is 0.769. The first-order chi connectivity index (χ1) is 7.79. The molecule has 0 heterocycles. The maximum Gasteiger partial charge on any atom is 0.0842 e. The topological polar surface area (TPSA) is 94.4 Å². The fraction of sp³-hybridized carbons (Fsp3) is 1.00. The summed E-state index contributed by atoms with van der Waals surface area (Å²) in [5.74, 6) is -0.267. The van der Waals surface area contributed by atoms with Gasteiger partial charge in [0.15, 0.2) is 0 Å². The molecule has 1 aliphatic carbocycles. The average Bonchev–Trinajstić information content (AvgIpc) is 2.15. The van der Waals surface area contributed by atoms with Gasteiger partial charge in [0.1, 0.15) is 0 Å². The molecule has 1 aliphatic rings. The summed E-state index contributed by atoms with van der Waals surface area (Å²) in [6.45, 7) is 0.256. The van der Waals surface area contributed by atoms with Crippen molar-refractivity contribution in [3.63, 3.8) is 0 Å². The molecule has 0 spiro atoms. The second-order valence-corrected chi connectivity index (χ2v) is 8.02. The van der Waals surface area contributed by atoms with Crippen LogP contribution in [0.1, 0.15) is 32.1 Å². The standard InChI is InChI=1S/C9H19N2O4S2/c1-16(12,13)11-17(14,15)8-7-10-9-5-3-2-4-6-9/h9-10H,2-8H2,1H3/q-1. The van der Waals surface area contributed by atoms with Crippen LogP contribution in [0.25, 0.3) is 4.13 Å². The molecule has 0 unspecified atom stereocenters. The molecule has 0 bridgehead atoms. The summed E-state index contributed by atoms with van der Waals surface area (Å²) in [4.78, 5) is 0. The van der Waals surface area contributed by atoms with Gasteiger partial charge in [0, 0.05) is 24.6 Å². The fourth-order valence-corrected chi connectivity index (χ4v) is 4.27. The average molecular weight is 283 g/mol. The van der Waals surface area contributed by atoms with Crippen LogP contribution in [-0.2, 0) is 20.0 Å². The largest absolute Gasteiger partial charge is 0.436 e. The van der Waals surface area contributed by atoms with Crippen LogP contribution in [0.4, 0.5) is 0 Å². The van der Waals surface area contributed by atoms with E-state index in [1.54, 1.807) is 0 Å². The Morgan fingerprint density at radius 3 is 2.24 bits per heavy atom. The molecule has 0 amide bonds. The minimum atomic E-state index is -3.87. The highest BCUT2D eigenvalue weighted by atomic mass is 32.3. The van der Waals surface area contributed by atoms with Gasteiger partial charge in [0.05, 0.1) is 20.0 Å². The smallest absolute Gasteiger partial charge is 0.0842 e. The molecule has 1 saturated carbocycles. The third-order valence-electron chi connectivity index (χ3n) is 2.65. The van der Waals surface area contributed by atoms with Crippen LogP contribution < -0.4 is 5.32 Å². The van der Waals surface area contributed by atoms with Crippen LogP contribution in [0.3, 0.4) is 0 Å². The fourth-order valence-electron chi connectivity index (χ4n) is 1.94. The van der Waals surface area contributed by atoms with Crippen molar-refractivity contribution in [3.05, 3.63) is 4.13 Å². The van der Waals surface area contributed by atoms with Crippen molar-refractivity contribution in [2.45, 2.75) is 38.1 Å². The molecule has 0 aliphatic heterocycles. The van der Waals surface area contributed by atoms with E-state index in [1.807, 2.05) is 0 Å². The summed E-state index contributed by atoms with van der Waals surface area (Å²) >= 11 is 0. The summed E-state index contributed by atoms with van der Waals surface area (Å²) in [5.41, 5.74) is 0. The van der Waals surface area contributed by atoms with Gasteiger partial charge < -0.3 is 9.44 Å². The lowest BCUT2D eigenvalue weighted by atomic mass is 9.96. The molecule has 6 nitrogen and oxygen atoms in total. The Bertz CT molecular complexity index is 424. The van der Waals surface area contributed by atoms with Gasteiger partial charge in [-0.3, -0.25) is 0 Å². The van der Waals surface area contributed by atoms with Gasteiger partial charge >= 0.3 is 0 Å². The number of nitrogens with zero attached hydrogens (tertiary/aromatic N) is 1. The first-order valence-electron chi connectivity index (χ1n) is 5.69. The third kappa shape index (κ3) is 6.97. The normalized spacial score (nSPS) is 19.4. The molecule has 0 saturated heterocycles. The predicted octanol–water partition coefficient (Wildman–Crippen LogP) is 0.572. The van der Waals surface area contributed by atoms with E-state index in [9.17, 15) is 16.8 Å². The second kappa shape index (κ2) is 6.12. The molecule has 0 aromatic heterocycles.